The van der Waals surface area contributed by atoms with Crippen LogP contribution in [0.4, 0.5) is 0 Å². The number of furan rings is 1. The molecule has 1 aromatic carbocycles. The standard InChI is InChI=1S/C22H19BrN4O3/c1-13-8-25(12-24-13)18-5-6-19-22(29)26(14(2)9-27(19)21(18)28)10-20-17-4-3-16(23)7-15(17)11-30-20/h3-8,11-12,14H,9-10H2,1-2H3/t14-/m1/s1. The number of hydrogen-bond donors (Lipinski definition) is 0. The van der Waals surface area contributed by atoms with Crippen molar-refractivity contribution in [2.24, 2.45) is 0 Å². The zero-order valence-corrected chi connectivity index (χ0v) is 18.1. The number of halogens is 1. The number of aromatic nitrogens is 3. The molecule has 0 saturated carbocycles. The Balaban J connectivity index is 1.50. The second-order valence-corrected chi connectivity index (χ2v) is 8.53. The van der Waals surface area contributed by atoms with Gasteiger partial charge in [-0.15, -0.1) is 0 Å². The van der Waals surface area contributed by atoms with Crippen molar-refractivity contribution in [3.05, 3.63) is 81.1 Å². The molecule has 1 atom stereocenters. The van der Waals surface area contributed by atoms with Gasteiger partial charge in [-0.05, 0) is 44.2 Å². The minimum Gasteiger partial charge on any atom is -0.466 e. The first kappa shape index (κ1) is 18.9. The number of amides is 1. The maximum atomic E-state index is 13.2. The highest BCUT2D eigenvalue weighted by Crippen LogP contribution is 2.28. The first-order valence-electron chi connectivity index (χ1n) is 9.64. The molecule has 1 aliphatic heterocycles. The summed E-state index contributed by atoms with van der Waals surface area (Å²) in [6, 6.07) is 9.16. The highest BCUT2D eigenvalue weighted by molar-refractivity contribution is 9.10. The summed E-state index contributed by atoms with van der Waals surface area (Å²) in [7, 11) is 0. The van der Waals surface area contributed by atoms with E-state index in [1.807, 2.05) is 32.0 Å². The van der Waals surface area contributed by atoms with Crippen molar-refractivity contribution < 1.29 is 9.21 Å². The van der Waals surface area contributed by atoms with Gasteiger partial charge in [-0.3, -0.25) is 9.59 Å². The van der Waals surface area contributed by atoms with Crippen LogP contribution in [0.1, 0.15) is 28.9 Å². The van der Waals surface area contributed by atoms with Gasteiger partial charge in [0.25, 0.3) is 11.5 Å². The van der Waals surface area contributed by atoms with E-state index >= 15 is 0 Å². The van der Waals surface area contributed by atoms with Gasteiger partial charge >= 0.3 is 0 Å². The lowest BCUT2D eigenvalue weighted by molar-refractivity contribution is 0.0574. The van der Waals surface area contributed by atoms with Gasteiger partial charge in [-0.25, -0.2) is 4.98 Å². The lowest BCUT2D eigenvalue weighted by Gasteiger charge is -2.35. The average Bonchev–Trinajstić information content (AvgIpc) is 3.32. The van der Waals surface area contributed by atoms with Crippen LogP contribution < -0.4 is 5.56 Å². The van der Waals surface area contributed by atoms with Crippen molar-refractivity contribution in [2.45, 2.75) is 33.0 Å². The van der Waals surface area contributed by atoms with Crippen molar-refractivity contribution in [3.63, 3.8) is 0 Å². The molecule has 7 nitrogen and oxygen atoms in total. The number of aryl methyl sites for hydroxylation is 1. The maximum Gasteiger partial charge on any atom is 0.275 e. The van der Waals surface area contributed by atoms with Crippen LogP contribution in [0.3, 0.4) is 0 Å². The van der Waals surface area contributed by atoms with E-state index in [1.165, 1.54) is 0 Å². The molecular weight excluding hydrogens is 448 g/mol. The Morgan fingerprint density at radius 3 is 2.83 bits per heavy atom. The number of carbonyl (C=O) groups is 1. The maximum absolute atomic E-state index is 13.2. The fraction of sp³-hybridized carbons (Fsp3) is 0.227. The number of carbonyl (C=O) groups excluding carboxylic acids is 1. The molecule has 4 heterocycles. The molecular formula is C22H19BrN4O3. The van der Waals surface area contributed by atoms with Crippen molar-refractivity contribution in [3.8, 4) is 5.69 Å². The minimum atomic E-state index is -0.196. The van der Waals surface area contributed by atoms with Crippen molar-refractivity contribution >= 4 is 32.6 Å². The quantitative estimate of drug-likeness (QED) is 0.458. The summed E-state index contributed by atoms with van der Waals surface area (Å²) in [4.78, 5) is 32.3. The Morgan fingerprint density at radius 1 is 1.23 bits per heavy atom. The van der Waals surface area contributed by atoms with Crippen molar-refractivity contribution in [1.82, 2.24) is 19.0 Å². The molecule has 8 heteroatoms. The van der Waals surface area contributed by atoms with Crippen LogP contribution in [0, 0.1) is 6.92 Å². The lowest BCUT2D eigenvalue weighted by atomic mass is 10.1. The number of nitrogens with zero attached hydrogens (tertiary/aromatic N) is 4. The Labute approximate surface area is 180 Å². The summed E-state index contributed by atoms with van der Waals surface area (Å²) in [6.07, 6.45) is 5.11. The second kappa shape index (κ2) is 6.98. The number of pyridine rings is 1. The third-order valence-corrected chi connectivity index (χ3v) is 6.05. The first-order chi connectivity index (χ1) is 14.4. The summed E-state index contributed by atoms with van der Waals surface area (Å²) in [5.74, 6) is 0.555. The van der Waals surface area contributed by atoms with Crippen molar-refractivity contribution in [2.75, 3.05) is 0 Å². The number of rotatable bonds is 3. The molecule has 5 rings (SSSR count). The summed E-state index contributed by atoms with van der Waals surface area (Å²) < 4.78 is 10.00. The zero-order chi connectivity index (χ0) is 21.0. The predicted octanol–water partition coefficient (Wildman–Crippen LogP) is 3.90. The van der Waals surface area contributed by atoms with Crippen LogP contribution in [-0.2, 0) is 13.1 Å². The number of hydrogen-bond acceptors (Lipinski definition) is 4. The zero-order valence-electron chi connectivity index (χ0n) is 16.5. The van der Waals surface area contributed by atoms with Crippen LogP contribution in [0.25, 0.3) is 16.5 Å². The summed E-state index contributed by atoms with van der Waals surface area (Å²) in [5, 5.41) is 1.96. The van der Waals surface area contributed by atoms with Crippen LogP contribution in [-0.4, -0.2) is 31.0 Å². The topological polar surface area (TPSA) is 73.3 Å². The molecule has 152 valence electrons. The van der Waals surface area contributed by atoms with Gasteiger partial charge in [0.2, 0.25) is 0 Å². The van der Waals surface area contributed by atoms with Gasteiger partial charge in [0.1, 0.15) is 17.1 Å². The Morgan fingerprint density at radius 2 is 2.07 bits per heavy atom. The molecule has 1 aliphatic rings. The molecule has 0 spiro atoms. The van der Waals surface area contributed by atoms with Gasteiger partial charge in [0.15, 0.2) is 0 Å². The van der Waals surface area contributed by atoms with E-state index < -0.39 is 0 Å². The van der Waals surface area contributed by atoms with E-state index in [9.17, 15) is 9.59 Å². The van der Waals surface area contributed by atoms with Gasteiger partial charge < -0.3 is 18.5 Å². The molecule has 1 amide bonds. The van der Waals surface area contributed by atoms with E-state index in [0.717, 1.165) is 26.7 Å². The van der Waals surface area contributed by atoms with Gasteiger partial charge in [-0.2, -0.15) is 0 Å². The largest absolute Gasteiger partial charge is 0.466 e. The van der Waals surface area contributed by atoms with Gasteiger partial charge in [-0.1, -0.05) is 15.9 Å². The van der Waals surface area contributed by atoms with Crippen LogP contribution >= 0.6 is 15.9 Å². The van der Waals surface area contributed by atoms with E-state index in [-0.39, 0.29) is 17.5 Å². The third-order valence-electron chi connectivity index (χ3n) is 5.56. The Bertz CT molecular complexity index is 1350. The molecule has 0 unspecified atom stereocenters. The molecule has 3 aromatic heterocycles. The molecule has 0 N–H and O–H groups in total. The van der Waals surface area contributed by atoms with E-state index in [0.29, 0.717) is 24.5 Å². The first-order valence-corrected chi connectivity index (χ1v) is 10.4. The Hall–Kier alpha value is -3.13. The number of benzene rings is 1. The Kier molecular flexibility index (Phi) is 4.39. The number of imidazole rings is 1. The second-order valence-electron chi connectivity index (χ2n) is 7.61. The van der Waals surface area contributed by atoms with Gasteiger partial charge in [0.05, 0.1) is 24.8 Å². The average molecular weight is 467 g/mol. The van der Waals surface area contributed by atoms with Crippen LogP contribution in [0.5, 0.6) is 0 Å². The smallest absolute Gasteiger partial charge is 0.275 e. The summed E-state index contributed by atoms with van der Waals surface area (Å²) in [5.41, 5.74) is 1.50. The minimum absolute atomic E-state index is 0.155. The molecule has 0 saturated heterocycles. The summed E-state index contributed by atoms with van der Waals surface area (Å²) >= 11 is 3.46. The SMILES string of the molecule is Cc1cn(-c2ccc3n(c2=O)C[C@@H](C)N(Cc2occ4cc(Br)ccc24)C3=O)cn1. The molecule has 0 aliphatic carbocycles. The molecule has 0 bridgehead atoms. The van der Waals surface area contributed by atoms with Crippen LogP contribution in [0.2, 0.25) is 0 Å². The molecule has 4 aromatic rings. The summed E-state index contributed by atoms with van der Waals surface area (Å²) in [6.45, 7) is 4.59. The monoisotopic (exact) mass is 466 g/mol. The van der Waals surface area contributed by atoms with E-state index in [4.69, 9.17) is 4.42 Å². The molecule has 0 fully saturated rings. The third kappa shape index (κ3) is 2.99. The number of fused-ring (bicyclic) bond motifs is 2. The van der Waals surface area contributed by atoms with Gasteiger partial charge in [0, 0.05) is 34.0 Å². The predicted molar refractivity (Wildman–Crippen MR) is 116 cm³/mol. The van der Waals surface area contributed by atoms with E-state index in [2.05, 4.69) is 20.9 Å². The highest BCUT2D eigenvalue weighted by Gasteiger charge is 2.32. The van der Waals surface area contributed by atoms with E-state index in [1.54, 1.807) is 45.0 Å². The highest BCUT2D eigenvalue weighted by atomic mass is 79.9. The van der Waals surface area contributed by atoms with Crippen LogP contribution in [0.15, 0.2) is 62.8 Å². The lowest BCUT2D eigenvalue weighted by Crippen LogP contribution is -2.49. The van der Waals surface area contributed by atoms with Crippen molar-refractivity contribution in [1.29, 1.82) is 0 Å². The fourth-order valence-corrected chi connectivity index (χ4v) is 4.36. The molecule has 0 radical (unpaired) electrons. The fourth-order valence-electron chi connectivity index (χ4n) is 3.98. The molecule has 30 heavy (non-hydrogen) atoms. The normalized spacial score (nSPS) is 16.3.